The van der Waals surface area contributed by atoms with Crippen molar-refractivity contribution in [2.75, 3.05) is 31.9 Å². The van der Waals surface area contributed by atoms with Crippen molar-refractivity contribution in [1.82, 2.24) is 14.8 Å². The van der Waals surface area contributed by atoms with Crippen molar-refractivity contribution < 1.29 is 4.79 Å². The Hall–Kier alpha value is -1.62. The molecule has 138 valence electrons. The Morgan fingerprint density at radius 2 is 2.24 bits per heavy atom. The molecule has 0 spiro atoms. The quantitative estimate of drug-likeness (QED) is 0.861. The number of nitrogens with two attached hydrogens (primary N) is 1. The first-order chi connectivity index (χ1) is 12.1. The van der Waals surface area contributed by atoms with E-state index in [1.807, 2.05) is 11.0 Å². The molecule has 2 atom stereocenters. The van der Waals surface area contributed by atoms with Gasteiger partial charge in [0.25, 0.3) is 0 Å². The van der Waals surface area contributed by atoms with E-state index in [-0.39, 0.29) is 5.91 Å². The predicted octanol–water partition coefficient (Wildman–Crippen LogP) is 2.49. The molecule has 0 bridgehead atoms. The molecule has 1 amide bonds. The van der Waals surface area contributed by atoms with Gasteiger partial charge in [0.1, 0.15) is 5.82 Å². The number of anilines is 1. The second-order valence-corrected chi connectivity index (χ2v) is 7.63. The molecule has 2 N–H and O–H groups in total. The molecule has 1 aromatic rings. The van der Waals surface area contributed by atoms with Gasteiger partial charge in [-0.05, 0) is 69.2 Å². The number of nitrogen functional groups attached to an aromatic ring is 1. The van der Waals surface area contributed by atoms with Crippen molar-refractivity contribution >= 4 is 11.7 Å². The normalized spacial score (nSPS) is 23.1. The van der Waals surface area contributed by atoms with Crippen LogP contribution in [0.5, 0.6) is 0 Å². The predicted molar refractivity (Wildman–Crippen MR) is 101 cm³/mol. The van der Waals surface area contributed by atoms with E-state index in [4.69, 9.17) is 5.73 Å². The van der Waals surface area contributed by atoms with E-state index in [2.05, 4.69) is 22.9 Å². The number of likely N-dealkylation sites (tertiary alicyclic amines) is 1. The molecule has 5 nitrogen and oxygen atoms in total. The van der Waals surface area contributed by atoms with Gasteiger partial charge in [-0.3, -0.25) is 4.79 Å². The largest absolute Gasteiger partial charge is 0.384 e. The Labute approximate surface area is 151 Å². The third-order valence-corrected chi connectivity index (χ3v) is 5.97. The van der Waals surface area contributed by atoms with Crippen LogP contribution in [0.3, 0.4) is 0 Å². The molecule has 25 heavy (non-hydrogen) atoms. The maximum absolute atomic E-state index is 11.5. The van der Waals surface area contributed by atoms with E-state index in [1.54, 1.807) is 6.92 Å². The Balaban J connectivity index is 1.47. The number of amides is 1. The van der Waals surface area contributed by atoms with Crippen LogP contribution >= 0.6 is 0 Å². The number of rotatable bonds is 6. The Morgan fingerprint density at radius 1 is 1.40 bits per heavy atom. The molecule has 0 aromatic carbocycles. The summed E-state index contributed by atoms with van der Waals surface area (Å²) in [7, 11) is 0. The van der Waals surface area contributed by atoms with Crippen molar-refractivity contribution in [3.8, 4) is 0 Å². The van der Waals surface area contributed by atoms with Gasteiger partial charge < -0.3 is 15.5 Å². The van der Waals surface area contributed by atoms with E-state index in [0.717, 1.165) is 39.0 Å². The van der Waals surface area contributed by atoms with Gasteiger partial charge in [-0.2, -0.15) is 0 Å². The van der Waals surface area contributed by atoms with Crippen LogP contribution in [0.25, 0.3) is 0 Å². The van der Waals surface area contributed by atoms with Crippen LogP contribution < -0.4 is 5.73 Å². The number of fused-ring (bicyclic) bond motifs is 1. The third kappa shape index (κ3) is 4.51. The second kappa shape index (κ2) is 8.17. The van der Waals surface area contributed by atoms with E-state index in [9.17, 15) is 4.79 Å². The topological polar surface area (TPSA) is 62.5 Å². The fraction of sp³-hybridized carbons (Fsp3) is 0.700. The lowest BCUT2D eigenvalue weighted by Gasteiger charge is -2.34. The third-order valence-electron chi connectivity index (χ3n) is 5.97. The zero-order valence-corrected chi connectivity index (χ0v) is 15.7. The lowest BCUT2D eigenvalue weighted by atomic mass is 9.90. The van der Waals surface area contributed by atoms with Crippen molar-refractivity contribution in [3.05, 3.63) is 23.4 Å². The highest BCUT2D eigenvalue weighted by molar-refractivity contribution is 5.73. The fourth-order valence-corrected chi connectivity index (χ4v) is 4.46. The van der Waals surface area contributed by atoms with E-state index >= 15 is 0 Å². The highest BCUT2D eigenvalue weighted by Crippen LogP contribution is 2.26. The van der Waals surface area contributed by atoms with Gasteiger partial charge in [0.05, 0.1) is 0 Å². The van der Waals surface area contributed by atoms with Crippen LogP contribution in [0, 0.1) is 5.92 Å². The van der Waals surface area contributed by atoms with Crippen LogP contribution in [-0.2, 0) is 17.6 Å². The summed E-state index contributed by atoms with van der Waals surface area (Å²) in [5, 5.41) is 0. The van der Waals surface area contributed by atoms with Gasteiger partial charge in [0.15, 0.2) is 0 Å². The Bertz CT molecular complexity index is 603. The summed E-state index contributed by atoms with van der Waals surface area (Å²) in [6, 6.07) is 4.71. The zero-order chi connectivity index (χ0) is 17.8. The molecule has 1 aliphatic heterocycles. The number of pyridine rings is 1. The molecule has 1 aromatic heterocycles. The lowest BCUT2D eigenvalue weighted by Crippen LogP contribution is -2.40. The number of hydrogen-bond donors (Lipinski definition) is 1. The minimum atomic E-state index is 0.229. The fourth-order valence-electron chi connectivity index (χ4n) is 4.46. The van der Waals surface area contributed by atoms with Crippen molar-refractivity contribution in [1.29, 1.82) is 0 Å². The average Bonchev–Trinajstić information content (AvgIpc) is 3.07. The van der Waals surface area contributed by atoms with E-state index in [1.165, 1.54) is 36.9 Å². The molecule has 0 radical (unpaired) electrons. The van der Waals surface area contributed by atoms with E-state index < -0.39 is 0 Å². The average molecular weight is 345 g/mol. The smallest absolute Gasteiger partial charge is 0.219 e. The van der Waals surface area contributed by atoms with Crippen LogP contribution in [0.1, 0.15) is 50.8 Å². The summed E-state index contributed by atoms with van der Waals surface area (Å²) in [4.78, 5) is 20.6. The molecule has 1 aliphatic carbocycles. The maximum atomic E-state index is 11.5. The van der Waals surface area contributed by atoms with E-state index in [0.29, 0.717) is 17.8 Å². The summed E-state index contributed by atoms with van der Waals surface area (Å²) in [6.07, 6.45) is 6.96. The minimum absolute atomic E-state index is 0.229. The van der Waals surface area contributed by atoms with Crippen LogP contribution in [-0.4, -0.2) is 52.9 Å². The first-order valence-corrected chi connectivity index (χ1v) is 9.80. The van der Waals surface area contributed by atoms with Crippen LogP contribution in [0.2, 0.25) is 0 Å². The number of carbonyl (C=O) groups excluding carboxylic acids is 1. The summed E-state index contributed by atoms with van der Waals surface area (Å²) < 4.78 is 0. The van der Waals surface area contributed by atoms with Gasteiger partial charge in [0, 0.05) is 31.7 Å². The van der Waals surface area contributed by atoms with Gasteiger partial charge >= 0.3 is 0 Å². The second-order valence-electron chi connectivity index (χ2n) is 7.63. The molecule has 1 saturated heterocycles. The van der Waals surface area contributed by atoms with Crippen molar-refractivity contribution in [2.45, 2.75) is 58.4 Å². The molecule has 0 saturated carbocycles. The molecule has 3 rings (SSSR count). The van der Waals surface area contributed by atoms with Gasteiger partial charge in [0.2, 0.25) is 5.91 Å². The first kappa shape index (κ1) is 18.2. The van der Waals surface area contributed by atoms with Crippen LogP contribution in [0.15, 0.2) is 12.1 Å². The standard InChI is InChI=1S/C20H32N4O/c1-3-23(11-4-5-16-10-12-24(14-16)15(2)25)18-7-8-19-17(13-18)6-9-20(21)22-19/h6,9,16,18H,3-5,7-8,10-14H2,1-2H3,(H2,21,22). The number of nitrogens with zero attached hydrogens (tertiary/aromatic N) is 3. The molecule has 2 aliphatic rings. The monoisotopic (exact) mass is 344 g/mol. The highest BCUT2D eigenvalue weighted by atomic mass is 16.2. The lowest BCUT2D eigenvalue weighted by molar-refractivity contribution is -0.127. The summed E-state index contributed by atoms with van der Waals surface area (Å²) in [6.45, 7) is 8.13. The van der Waals surface area contributed by atoms with Gasteiger partial charge in [-0.15, -0.1) is 0 Å². The van der Waals surface area contributed by atoms with Crippen molar-refractivity contribution in [3.63, 3.8) is 0 Å². The Kier molecular flexibility index (Phi) is 5.94. The number of hydrogen-bond acceptors (Lipinski definition) is 4. The first-order valence-electron chi connectivity index (χ1n) is 9.80. The maximum Gasteiger partial charge on any atom is 0.219 e. The van der Waals surface area contributed by atoms with Crippen molar-refractivity contribution in [2.24, 2.45) is 5.92 Å². The highest BCUT2D eigenvalue weighted by Gasteiger charge is 2.26. The molecule has 2 heterocycles. The molecule has 5 heteroatoms. The zero-order valence-electron chi connectivity index (χ0n) is 15.7. The number of carbonyl (C=O) groups is 1. The molecular weight excluding hydrogens is 312 g/mol. The number of aromatic nitrogens is 1. The summed E-state index contributed by atoms with van der Waals surface area (Å²) >= 11 is 0. The SMILES string of the molecule is CCN(CCCC1CCN(C(C)=O)C1)C1CCc2nc(N)ccc2C1. The number of aryl methyl sites for hydroxylation is 1. The summed E-state index contributed by atoms with van der Waals surface area (Å²) in [5.41, 5.74) is 8.38. The van der Waals surface area contributed by atoms with Gasteiger partial charge in [-0.25, -0.2) is 4.98 Å². The summed E-state index contributed by atoms with van der Waals surface area (Å²) in [5.74, 6) is 1.57. The van der Waals surface area contributed by atoms with Gasteiger partial charge in [-0.1, -0.05) is 13.0 Å². The Morgan fingerprint density at radius 3 is 2.96 bits per heavy atom. The minimum Gasteiger partial charge on any atom is -0.384 e. The number of likely N-dealkylation sites (N-methyl/N-ethyl adjacent to an activating group) is 1. The molecule has 1 fully saturated rings. The molecular formula is C20H32N4O. The van der Waals surface area contributed by atoms with Crippen LogP contribution in [0.4, 0.5) is 5.82 Å². The molecule has 2 unspecified atom stereocenters.